The number of hydrogen-bond donors (Lipinski definition) is 1. The van der Waals surface area contributed by atoms with Crippen LogP contribution in [-0.2, 0) is 6.54 Å². The molecule has 0 fully saturated rings. The largest absolute Gasteiger partial charge is 0.378 e. The number of hydrogen-bond acceptors (Lipinski definition) is 2. The molecular formula is C17H20ClN3O. The van der Waals surface area contributed by atoms with Gasteiger partial charge in [-0.2, -0.15) is 0 Å². The van der Waals surface area contributed by atoms with Crippen molar-refractivity contribution in [1.82, 2.24) is 4.90 Å². The number of nitrogens with zero attached hydrogens (tertiary/aromatic N) is 2. The van der Waals surface area contributed by atoms with Crippen LogP contribution >= 0.6 is 11.6 Å². The lowest BCUT2D eigenvalue weighted by Crippen LogP contribution is -2.30. The van der Waals surface area contributed by atoms with Crippen molar-refractivity contribution < 1.29 is 4.79 Å². The molecule has 2 aromatic carbocycles. The van der Waals surface area contributed by atoms with Gasteiger partial charge in [0, 0.05) is 44.1 Å². The highest BCUT2D eigenvalue weighted by Gasteiger charge is 2.09. The molecule has 2 aromatic rings. The number of carbonyl (C=O) groups is 1. The van der Waals surface area contributed by atoms with Gasteiger partial charge < -0.3 is 15.1 Å². The molecule has 116 valence electrons. The summed E-state index contributed by atoms with van der Waals surface area (Å²) >= 11 is 5.83. The van der Waals surface area contributed by atoms with Crippen LogP contribution in [0.15, 0.2) is 48.5 Å². The summed E-state index contributed by atoms with van der Waals surface area (Å²) in [6, 6.07) is 15.0. The summed E-state index contributed by atoms with van der Waals surface area (Å²) in [4.78, 5) is 15.8. The maximum absolute atomic E-state index is 12.2. The van der Waals surface area contributed by atoms with Crippen LogP contribution in [0.5, 0.6) is 0 Å². The van der Waals surface area contributed by atoms with E-state index in [2.05, 4.69) is 5.32 Å². The third-order valence-electron chi connectivity index (χ3n) is 3.31. The second-order valence-corrected chi connectivity index (χ2v) is 5.79. The lowest BCUT2D eigenvalue weighted by molar-refractivity contribution is 0.220. The number of halogens is 1. The third kappa shape index (κ3) is 4.40. The van der Waals surface area contributed by atoms with Gasteiger partial charge in [-0.3, -0.25) is 0 Å². The first-order valence-corrected chi connectivity index (χ1v) is 7.37. The van der Waals surface area contributed by atoms with Gasteiger partial charge >= 0.3 is 6.03 Å². The molecule has 0 aliphatic rings. The van der Waals surface area contributed by atoms with Gasteiger partial charge in [0.1, 0.15) is 0 Å². The van der Waals surface area contributed by atoms with Gasteiger partial charge in [0.05, 0.1) is 0 Å². The highest BCUT2D eigenvalue weighted by molar-refractivity contribution is 6.30. The first kappa shape index (κ1) is 16.2. The van der Waals surface area contributed by atoms with Crippen molar-refractivity contribution in [2.24, 2.45) is 0 Å². The number of urea groups is 1. The van der Waals surface area contributed by atoms with Crippen molar-refractivity contribution in [3.05, 3.63) is 59.1 Å². The van der Waals surface area contributed by atoms with E-state index >= 15 is 0 Å². The minimum atomic E-state index is -0.154. The van der Waals surface area contributed by atoms with Gasteiger partial charge in [-0.25, -0.2) is 4.79 Å². The minimum absolute atomic E-state index is 0.154. The van der Waals surface area contributed by atoms with Crippen LogP contribution in [0.2, 0.25) is 5.02 Å². The van der Waals surface area contributed by atoms with Crippen molar-refractivity contribution in [3.63, 3.8) is 0 Å². The van der Waals surface area contributed by atoms with E-state index in [1.54, 1.807) is 36.2 Å². The topological polar surface area (TPSA) is 35.6 Å². The molecule has 1 N–H and O–H groups in total. The maximum Gasteiger partial charge on any atom is 0.321 e. The van der Waals surface area contributed by atoms with E-state index in [0.29, 0.717) is 11.6 Å². The first-order valence-electron chi connectivity index (χ1n) is 6.99. The van der Waals surface area contributed by atoms with E-state index in [1.165, 1.54) is 0 Å². The SMILES string of the molecule is CN(Cc1ccc(N(C)C)cc1)C(=O)Nc1ccc(Cl)cc1. The van der Waals surface area contributed by atoms with E-state index in [-0.39, 0.29) is 6.03 Å². The lowest BCUT2D eigenvalue weighted by atomic mass is 10.2. The van der Waals surface area contributed by atoms with Gasteiger partial charge in [-0.1, -0.05) is 23.7 Å². The van der Waals surface area contributed by atoms with Crippen molar-refractivity contribution in [2.75, 3.05) is 31.4 Å². The Morgan fingerprint density at radius 3 is 2.14 bits per heavy atom. The molecule has 0 saturated heterocycles. The van der Waals surface area contributed by atoms with Crippen LogP contribution < -0.4 is 10.2 Å². The van der Waals surface area contributed by atoms with Crippen molar-refractivity contribution in [2.45, 2.75) is 6.54 Å². The molecule has 4 nitrogen and oxygen atoms in total. The smallest absolute Gasteiger partial charge is 0.321 e. The Morgan fingerprint density at radius 2 is 1.59 bits per heavy atom. The number of rotatable bonds is 4. The predicted octanol–water partition coefficient (Wildman–Crippen LogP) is 4.07. The summed E-state index contributed by atoms with van der Waals surface area (Å²) < 4.78 is 0. The summed E-state index contributed by atoms with van der Waals surface area (Å²) in [5.41, 5.74) is 2.94. The van der Waals surface area contributed by atoms with Crippen LogP contribution in [0, 0.1) is 0 Å². The summed E-state index contributed by atoms with van der Waals surface area (Å²) in [6.45, 7) is 0.549. The molecule has 0 spiro atoms. The predicted molar refractivity (Wildman–Crippen MR) is 92.7 cm³/mol. The molecule has 0 heterocycles. The Hall–Kier alpha value is -2.20. The van der Waals surface area contributed by atoms with Crippen LogP contribution in [0.25, 0.3) is 0 Å². The van der Waals surface area contributed by atoms with Crippen molar-refractivity contribution in [1.29, 1.82) is 0 Å². The molecular weight excluding hydrogens is 298 g/mol. The summed E-state index contributed by atoms with van der Waals surface area (Å²) in [6.07, 6.45) is 0. The Labute approximate surface area is 136 Å². The molecule has 0 unspecified atom stereocenters. The molecule has 5 heteroatoms. The molecule has 0 aliphatic carbocycles. The van der Waals surface area contributed by atoms with Crippen LogP contribution in [-0.4, -0.2) is 32.1 Å². The van der Waals surface area contributed by atoms with E-state index < -0.39 is 0 Å². The van der Waals surface area contributed by atoms with Crippen LogP contribution in [0.1, 0.15) is 5.56 Å². The third-order valence-corrected chi connectivity index (χ3v) is 3.57. The fraction of sp³-hybridized carbons (Fsp3) is 0.235. The first-order chi connectivity index (χ1) is 10.5. The van der Waals surface area contributed by atoms with Crippen LogP contribution in [0.4, 0.5) is 16.2 Å². The molecule has 0 bridgehead atoms. The molecule has 0 saturated carbocycles. The quantitative estimate of drug-likeness (QED) is 0.922. The number of nitrogens with one attached hydrogen (secondary N) is 1. The van der Waals surface area contributed by atoms with E-state index in [1.807, 2.05) is 43.3 Å². The zero-order valence-corrected chi connectivity index (χ0v) is 13.8. The van der Waals surface area contributed by atoms with Gasteiger partial charge in [0.25, 0.3) is 0 Å². The second kappa shape index (κ2) is 7.18. The van der Waals surface area contributed by atoms with Crippen molar-refractivity contribution in [3.8, 4) is 0 Å². The minimum Gasteiger partial charge on any atom is -0.378 e. The van der Waals surface area contributed by atoms with Gasteiger partial charge in [0.2, 0.25) is 0 Å². The van der Waals surface area contributed by atoms with E-state index in [4.69, 9.17) is 11.6 Å². The van der Waals surface area contributed by atoms with Crippen molar-refractivity contribution >= 4 is 29.0 Å². The summed E-state index contributed by atoms with van der Waals surface area (Å²) in [5.74, 6) is 0. The molecule has 0 aromatic heterocycles. The number of amides is 2. The fourth-order valence-electron chi connectivity index (χ4n) is 2.00. The summed E-state index contributed by atoms with van der Waals surface area (Å²) in [7, 11) is 5.77. The van der Waals surface area contributed by atoms with Gasteiger partial charge in [0.15, 0.2) is 0 Å². The Morgan fingerprint density at radius 1 is 1.00 bits per heavy atom. The second-order valence-electron chi connectivity index (χ2n) is 5.35. The molecule has 0 atom stereocenters. The molecule has 2 amide bonds. The summed E-state index contributed by atoms with van der Waals surface area (Å²) in [5, 5.41) is 3.48. The Kier molecular flexibility index (Phi) is 5.28. The van der Waals surface area contributed by atoms with E-state index in [9.17, 15) is 4.79 Å². The van der Waals surface area contributed by atoms with Gasteiger partial charge in [-0.15, -0.1) is 0 Å². The molecule has 2 rings (SSSR count). The average molecular weight is 318 g/mol. The normalized spacial score (nSPS) is 10.2. The fourth-order valence-corrected chi connectivity index (χ4v) is 2.12. The number of carbonyl (C=O) groups excluding carboxylic acids is 1. The maximum atomic E-state index is 12.2. The van der Waals surface area contributed by atoms with E-state index in [0.717, 1.165) is 16.9 Å². The molecule has 22 heavy (non-hydrogen) atoms. The number of anilines is 2. The van der Waals surface area contributed by atoms with Gasteiger partial charge in [-0.05, 0) is 42.0 Å². The molecule has 0 radical (unpaired) electrons. The Balaban J connectivity index is 1.94. The number of benzene rings is 2. The molecule has 0 aliphatic heterocycles. The highest BCUT2D eigenvalue weighted by Crippen LogP contribution is 2.15. The highest BCUT2D eigenvalue weighted by atomic mass is 35.5. The van der Waals surface area contributed by atoms with Crippen LogP contribution in [0.3, 0.4) is 0 Å². The average Bonchev–Trinajstić information content (AvgIpc) is 2.50. The lowest BCUT2D eigenvalue weighted by Gasteiger charge is -2.19. The zero-order valence-electron chi connectivity index (χ0n) is 13.0. The Bertz CT molecular complexity index is 623. The standard InChI is InChI=1S/C17H20ClN3O/c1-20(2)16-10-4-13(5-11-16)12-21(3)17(22)19-15-8-6-14(18)7-9-15/h4-11H,12H2,1-3H3,(H,19,22). The monoisotopic (exact) mass is 317 g/mol. The zero-order chi connectivity index (χ0) is 16.1.